The van der Waals surface area contributed by atoms with E-state index < -0.39 is 0 Å². The molecule has 1 amide bonds. The van der Waals surface area contributed by atoms with E-state index in [0.29, 0.717) is 11.5 Å². The number of amides is 1. The highest BCUT2D eigenvalue weighted by Gasteiger charge is 2.26. The summed E-state index contributed by atoms with van der Waals surface area (Å²) in [5, 5.41) is 0.977. The Kier molecular flexibility index (Phi) is 3.99. The lowest BCUT2D eigenvalue weighted by atomic mass is 10.1. The zero-order valence-corrected chi connectivity index (χ0v) is 11.1. The first-order chi connectivity index (χ1) is 8.20. The molecule has 1 saturated heterocycles. The molecule has 0 spiro atoms. The molecule has 1 aliphatic heterocycles. The highest BCUT2D eigenvalue weighted by atomic mass is 79.9. The molecule has 0 aromatic carbocycles. The maximum Gasteiger partial charge on any atom is 0.254 e. The van der Waals surface area contributed by atoms with Crippen molar-refractivity contribution < 1.29 is 4.79 Å². The van der Waals surface area contributed by atoms with E-state index in [1.54, 1.807) is 6.07 Å². The van der Waals surface area contributed by atoms with Crippen LogP contribution in [0.1, 0.15) is 23.2 Å². The number of likely N-dealkylation sites (tertiary alicyclic amines) is 1. The molecule has 1 atom stereocenters. The molecule has 1 fully saturated rings. The summed E-state index contributed by atoms with van der Waals surface area (Å²) in [5.74, 6) is 0.550. The number of pyridine rings is 1. The number of rotatable bonds is 3. The molecule has 17 heavy (non-hydrogen) atoms. The second-order valence-electron chi connectivity index (χ2n) is 4.33. The number of halogens is 1. The smallest absolute Gasteiger partial charge is 0.254 e. The molecule has 0 radical (unpaired) electrons. The second kappa shape index (κ2) is 5.49. The largest absolute Gasteiger partial charge is 0.338 e. The minimum Gasteiger partial charge on any atom is -0.338 e. The maximum absolute atomic E-state index is 12.1. The topological polar surface area (TPSA) is 53.2 Å². The zero-order chi connectivity index (χ0) is 12.3. The molecule has 0 aliphatic carbocycles. The maximum atomic E-state index is 12.1. The summed E-state index contributed by atoms with van der Waals surface area (Å²) >= 11 is 3.42. The average molecular weight is 299 g/mol. The van der Waals surface area contributed by atoms with E-state index in [1.165, 1.54) is 12.3 Å². The number of nitrogens with one attached hydrogen (secondary N) is 1. The molecule has 5 heteroatoms. The van der Waals surface area contributed by atoms with Gasteiger partial charge in [-0.05, 0) is 24.8 Å². The molecule has 1 unspecified atom stereocenters. The predicted molar refractivity (Wildman–Crippen MR) is 69.5 cm³/mol. The number of carbonyl (C=O) groups excluding carboxylic acids is 1. The van der Waals surface area contributed by atoms with Gasteiger partial charge in [0.05, 0.1) is 0 Å². The first-order valence-corrected chi connectivity index (χ1v) is 6.87. The van der Waals surface area contributed by atoms with Crippen LogP contribution in [0, 0.1) is 5.92 Å². The molecular formula is C12H15BrN2O2. The third kappa shape index (κ3) is 2.97. The van der Waals surface area contributed by atoms with Crippen molar-refractivity contribution in [3.8, 4) is 0 Å². The van der Waals surface area contributed by atoms with Crippen molar-refractivity contribution in [2.24, 2.45) is 5.92 Å². The first-order valence-electron chi connectivity index (χ1n) is 5.74. The molecule has 1 aromatic rings. The van der Waals surface area contributed by atoms with Crippen LogP contribution in [-0.2, 0) is 0 Å². The van der Waals surface area contributed by atoms with Gasteiger partial charge >= 0.3 is 0 Å². The van der Waals surface area contributed by atoms with Crippen LogP contribution >= 0.6 is 15.9 Å². The molecule has 4 nitrogen and oxygen atoms in total. The Hall–Kier alpha value is -1.10. The molecule has 1 aliphatic rings. The fraction of sp³-hybridized carbons (Fsp3) is 0.500. The number of aromatic amines is 1. The van der Waals surface area contributed by atoms with Gasteiger partial charge in [-0.15, -0.1) is 0 Å². The van der Waals surface area contributed by atoms with Crippen molar-refractivity contribution >= 4 is 21.8 Å². The Labute approximate surface area is 108 Å². The lowest BCUT2D eigenvalue weighted by molar-refractivity contribution is 0.0786. The quantitative estimate of drug-likeness (QED) is 0.862. The lowest BCUT2D eigenvalue weighted by Crippen LogP contribution is -2.29. The number of hydrogen-bond donors (Lipinski definition) is 1. The van der Waals surface area contributed by atoms with Gasteiger partial charge in [-0.3, -0.25) is 9.59 Å². The molecule has 0 bridgehead atoms. The summed E-state index contributed by atoms with van der Waals surface area (Å²) in [6.45, 7) is 1.60. The highest BCUT2D eigenvalue weighted by molar-refractivity contribution is 9.09. The van der Waals surface area contributed by atoms with Crippen molar-refractivity contribution in [1.29, 1.82) is 0 Å². The predicted octanol–water partition coefficient (Wildman–Crippen LogP) is 1.62. The van der Waals surface area contributed by atoms with Gasteiger partial charge in [0, 0.05) is 36.2 Å². The van der Waals surface area contributed by atoms with Crippen LogP contribution < -0.4 is 5.56 Å². The van der Waals surface area contributed by atoms with Gasteiger partial charge in [0.1, 0.15) is 0 Å². The van der Waals surface area contributed by atoms with Crippen molar-refractivity contribution in [2.75, 3.05) is 18.4 Å². The van der Waals surface area contributed by atoms with Crippen LogP contribution in [0.25, 0.3) is 0 Å². The zero-order valence-electron chi connectivity index (χ0n) is 9.49. The van der Waals surface area contributed by atoms with Crippen LogP contribution in [-0.4, -0.2) is 34.2 Å². The number of alkyl halides is 1. The third-order valence-electron chi connectivity index (χ3n) is 3.11. The van der Waals surface area contributed by atoms with Gasteiger partial charge in [-0.2, -0.15) is 0 Å². The van der Waals surface area contributed by atoms with Gasteiger partial charge in [-0.25, -0.2) is 0 Å². The third-order valence-corrected chi connectivity index (χ3v) is 3.57. The summed E-state index contributed by atoms with van der Waals surface area (Å²) in [5.41, 5.74) is 0.250. The van der Waals surface area contributed by atoms with Crippen molar-refractivity contribution in [2.45, 2.75) is 12.8 Å². The van der Waals surface area contributed by atoms with Crippen LogP contribution in [0.5, 0.6) is 0 Å². The summed E-state index contributed by atoms with van der Waals surface area (Å²) in [6.07, 6.45) is 3.67. The lowest BCUT2D eigenvalue weighted by Gasteiger charge is -2.16. The van der Waals surface area contributed by atoms with Crippen LogP contribution in [0.3, 0.4) is 0 Å². The van der Waals surface area contributed by atoms with E-state index in [-0.39, 0.29) is 11.5 Å². The van der Waals surface area contributed by atoms with E-state index in [2.05, 4.69) is 20.9 Å². The Morgan fingerprint density at radius 1 is 1.59 bits per heavy atom. The number of H-pyrrole nitrogens is 1. The number of hydrogen-bond acceptors (Lipinski definition) is 2. The van der Waals surface area contributed by atoms with Crippen molar-refractivity contribution in [3.05, 3.63) is 34.2 Å². The number of carbonyl (C=O) groups is 1. The van der Waals surface area contributed by atoms with E-state index in [4.69, 9.17) is 0 Å². The summed E-state index contributed by atoms with van der Waals surface area (Å²) < 4.78 is 0. The molecule has 0 saturated carbocycles. The summed E-state index contributed by atoms with van der Waals surface area (Å²) in [7, 11) is 0. The van der Waals surface area contributed by atoms with E-state index >= 15 is 0 Å². The minimum atomic E-state index is -0.230. The van der Waals surface area contributed by atoms with Gasteiger partial charge < -0.3 is 9.88 Å². The monoisotopic (exact) mass is 298 g/mol. The fourth-order valence-electron chi connectivity index (χ4n) is 2.17. The number of nitrogens with zero attached hydrogens (tertiary/aromatic N) is 1. The van der Waals surface area contributed by atoms with Gasteiger partial charge in [0.25, 0.3) is 5.91 Å². The van der Waals surface area contributed by atoms with Gasteiger partial charge in [-0.1, -0.05) is 15.9 Å². The van der Waals surface area contributed by atoms with E-state index in [0.717, 1.165) is 31.3 Å². The molecule has 2 heterocycles. The van der Waals surface area contributed by atoms with E-state index in [1.807, 2.05) is 4.90 Å². The van der Waals surface area contributed by atoms with Crippen LogP contribution in [0.4, 0.5) is 0 Å². The second-order valence-corrected chi connectivity index (χ2v) is 5.12. The van der Waals surface area contributed by atoms with Gasteiger partial charge in [0.15, 0.2) is 0 Å². The minimum absolute atomic E-state index is 0.0341. The normalized spacial score (nSPS) is 19.6. The van der Waals surface area contributed by atoms with Gasteiger partial charge in [0.2, 0.25) is 5.56 Å². The van der Waals surface area contributed by atoms with Crippen molar-refractivity contribution in [3.63, 3.8) is 0 Å². The SMILES string of the molecule is O=C(c1cc[nH]c(=O)c1)N1CCC(CCBr)C1. The van der Waals surface area contributed by atoms with Crippen LogP contribution in [0.15, 0.2) is 23.1 Å². The van der Waals surface area contributed by atoms with Crippen LogP contribution in [0.2, 0.25) is 0 Å². The summed E-state index contributed by atoms with van der Waals surface area (Å²) in [6, 6.07) is 3.02. The Balaban J connectivity index is 2.04. The standard InChI is InChI=1S/C12H15BrN2O2/c13-4-1-9-3-6-15(8-9)12(17)10-2-5-14-11(16)7-10/h2,5,7,9H,1,3-4,6,8H2,(H,14,16). The van der Waals surface area contributed by atoms with Crippen molar-refractivity contribution in [1.82, 2.24) is 9.88 Å². The Morgan fingerprint density at radius 3 is 3.12 bits per heavy atom. The van der Waals surface area contributed by atoms with E-state index in [9.17, 15) is 9.59 Å². The Morgan fingerprint density at radius 2 is 2.41 bits per heavy atom. The fourth-order valence-corrected chi connectivity index (χ4v) is 2.81. The average Bonchev–Trinajstić information content (AvgIpc) is 2.77. The highest BCUT2D eigenvalue weighted by Crippen LogP contribution is 2.21. The molecule has 1 aromatic heterocycles. The first kappa shape index (κ1) is 12.4. The molecule has 2 rings (SSSR count). The molecular weight excluding hydrogens is 284 g/mol. The molecule has 1 N–H and O–H groups in total. The Bertz CT molecular complexity index is 458. The molecule has 92 valence electrons. The summed E-state index contributed by atoms with van der Waals surface area (Å²) in [4.78, 5) is 27.6. The number of aromatic nitrogens is 1.